The summed E-state index contributed by atoms with van der Waals surface area (Å²) in [4.78, 5) is 1.34. The lowest BCUT2D eigenvalue weighted by atomic mass is 9.92. The normalized spacial score (nSPS) is 13.6. The summed E-state index contributed by atoms with van der Waals surface area (Å²) < 4.78 is 0.870. The lowest BCUT2D eigenvalue weighted by molar-refractivity contribution is 0.394. The monoisotopic (exact) mass is 217 g/mol. The van der Waals surface area contributed by atoms with Gasteiger partial charge in [-0.25, -0.2) is 0 Å². The van der Waals surface area contributed by atoms with E-state index in [0.717, 1.165) is 17.3 Å². The molecule has 0 aliphatic carbocycles. The van der Waals surface area contributed by atoms with Gasteiger partial charge in [-0.15, -0.1) is 11.3 Å². The molecular formula is C10H16ClNS. The highest BCUT2D eigenvalue weighted by atomic mass is 35.5. The first-order chi connectivity index (χ1) is 6.13. The molecule has 0 bridgehead atoms. The Bertz CT molecular complexity index is 257. The van der Waals surface area contributed by atoms with Crippen LogP contribution in [0.25, 0.3) is 0 Å². The molecule has 0 aliphatic heterocycles. The highest BCUT2D eigenvalue weighted by molar-refractivity contribution is 7.16. The largest absolute Gasteiger partial charge is 0.330 e. The average Bonchev–Trinajstić information content (AvgIpc) is 2.46. The van der Waals surface area contributed by atoms with Gasteiger partial charge in [-0.3, -0.25) is 0 Å². The number of hydrogen-bond acceptors (Lipinski definition) is 2. The number of nitrogens with two attached hydrogens (primary N) is 1. The number of rotatable bonds is 4. The van der Waals surface area contributed by atoms with Crippen LogP contribution in [0.4, 0.5) is 0 Å². The minimum atomic E-state index is 0.578. The lowest BCUT2D eigenvalue weighted by Gasteiger charge is -2.17. The van der Waals surface area contributed by atoms with E-state index in [-0.39, 0.29) is 0 Å². The number of thiophene rings is 1. The Morgan fingerprint density at radius 3 is 2.54 bits per heavy atom. The van der Waals surface area contributed by atoms with E-state index in [4.69, 9.17) is 17.3 Å². The van der Waals surface area contributed by atoms with Crippen LogP contribution in [0, 0.1) is 11.8 Å². The zero-order chi connectivity index (χ0) is 9.84. The van der Waals surface area contributed by atoms with Crippen molar-refractivity contribution in [2.24, 2.45) is 17.6 Å². The minimum Gasteiger partial charge on any atom is -0.330 e. The van der Waals surface area contributed by atoms with Crippen LogP contribution in [0.2, 0.25) is 4.34 Å². The molecule has 1 aromatic rings. The van der Waals surface area contributed by atoms with Crippen LogP contribution in [-0.2, 0) is 6.42 Å². The summed E-state index contributed by atoms with van der Waals surface area (Å²) in [6, 6.07) is 4.05. The Morgan fingerprint density at radius 1 is 1.46 bits per heavy atom. The van der Waals surface area contributed by atoms with Gasteiger partial charge in [0.05, 0.1) is 4.34 Å². The molecule has 2 N–H and O–H groups in total. The summed E-state index contributed by atoms with van der Waals surface area (Å²) in [5, 5.41) is 0. The van der Waals surface area contributed by atoms with Gasteiger partial charge in [0.2, 0.25) is 0 Å². The average molecular weight is 218 g/mol. The number of hydrogen-bond donors (Lipinski definition) is 1. The predicted molar refractivity (Wildman–Crippen MR) is 60.4 cm³/mol. The van der Waals surface area contributed by atoms with Crippen molar-refractivity contribution >= 4 is 22.9 Å². The summed E-state index contributed by atoms with van der Waals surface area (Å²) in [5.41, 5.74) is 5.70. The Kier molecular flexibility index (Phi) is 4.23. The van der Waals surface area contributed by atoms with Crippen molar-refractivity contribution in [1.82, 2.24) is 0 Å². The third-order valence-corrected chi connectivity index (χ3v) is 3.59. The van der Waals surface area contributed by atoms with Gasteiger partial charge >= 0.3 is 0 Å². The fourth-order valence-electron chi connectivity index (χ4n) is 1.31. The van der Waals surface area contributed by atoms with Crippen LogP contribution in [0.1, 0.15) is 18.7 Å². The molecule has 13 heavy (non-hydrogen) atoms. The Labute approximate surface area is 88.9 Å². The van der Waals surface area contributed by atoms with Crippen molar-refractivity contribution in [2.45, 2.75) is 20.3 Å². The molecule has 1 heterocycles. The van der Waals surface area contributed by atoms with Crippen LogP contribution in [0.5, 0.6) is 0 Å². The summed E-state index contributed by atoms with van der Waals surface area (Å²) >= 11 is 7.51. The molecular weight excluding hydrogens is 202 g/mol. The molecule has 74 valence electrons. The molecule has 0 fully saturated rings. The topological polar surface area (TPSA) is 26.0 Å². The second kappa shape index (κ2) is 4.99. The van der Waals surface area contributed by atoms with Gasteiger partial charge in [0.25, 0.3) is 0 Å². The molecule has 1 atom stereocenters. The standard InChI is InChI=1S/C10H16ClNS/c1-7(2)8(6-12)5-9-3-4-10(11)13-9/h3-4,7-8H,5-6,12H2,1-2H3. The maximum absolute atomic E-state index is 5.85. The Balaban J connectivity index is 2.56. The third kappa shape index (κ3) is 3.29. The first-order valence-corrected chi connectivity index (χ1v) is 5.77. The van der Waals surface area contributed by atoms with E-state index in [0.29, 0.717) is 11.8 Å². The smallest absolute Gasteiger partial charge is 0.0931 e. The van der Waals surface area contributed by atoms with E-state index in [9.17, 15) is 0 Å². The van der Waals surface area contributed by atoms with Crippen molar-refractivity contribution in [1.29, 1.82) is 0 Å². The zero-order valence-electron chi connectivity index (χ0n) is 8.09. The lowest BCUT2D eigenvalue weighted by Crippen LogP contribution is -2.21. The van der Waals surface area contributed by atoms with Gasteiger partial charge in [-0.1, -0.05) is 25.4 Å². The number of halogens is 1. The molecule has 0 saturated carbocycles. The SMILES string of the molecule is CC(C)C(CN)Cc1ccc(Cl)s1. The molecule has 3 heteroatoms. The van der Waals surface area contributed by atoms with E-state index < -0.39 is 0 Å². The molecule has 1 unspecified atom stereocenters. The van der Waals surface area contributed by atoms with E-state index in [2.05, 4.69) is 19.9 Å². The molecule has 1 aromatic heterocycles. The van der Waals surface area contributed by atoms with Gasteiger partial charge in [0.15, 0.2) is 0 Å². The first-order valence-electron chi connectivity index (χ1n) is 4.57. The molecule has 1 rings (SSSR count). The van der Waals surface area contributed by atoms with Crippen molar-refractivity contribution in [3.63, 3.8) is 0 Å². The predicted octanol–water partition coefficient (Wildman–Crippen LogP) is 3.17. The molecule has 0 aliphatic rings. The molecule has 0 radical (unpaired) electrons. The summed E-state index contributed by atoms with van der Waals surface area (Å²) in [5.74, 6) is 1.22. The molecule has 1 nitrogen and oxygen atoms in total. The first kappa shape index (κ1) is 11.0. The maximum atomic E-state index is 5.85. The third-order valence-electron chi connectivity index (χ3n) is 2.34. The van der Waals surface area contributed by atoms with Gasteiger partial charge in [0, 0.05) is 4.88 Å². The zero-order valence-corrected chi connectivity index (χ0v) is 9.66. The van der Waals surface area contributed by atoms with Crippen LogP contribution < -0.4 is 5.73 Å². The van der Waals surface area contributed by atoms with Gasteiger partial charge < -0.3 is 5.73 Å². The summed E-state index contributed by atoms with van der Waals surface area (Å²) in [7, 11) is 0. The van der Waals surface area contributed by atoms with E-state index in [1.807, 2.05) is 6.07 Å². The van der Waals surface area contributed by atoms with Crippen LogP contribution in [-0.4, -0.2) is 6.54 Å². The van der Waals surface area contributed by atoms with E-state index >= 15 is 0 Å². The summed E-state index contributed by atoms with van der Waals surface area (Å²) in [6.07, 6.45) is 1.06. The van der Waals surface area contributed by atoms with E-state index in [1.165, 1.54) is 4.88 Å². The van der Waals surface area contributed by atoms with Crippen molar-refractivity contribution in [2.75, 3.05) is 6.54 Å². The molecule has 0 aromatic carbocycles. The van der Waals surface area contributed by atoms with Crippen molar-refractivity contribution < 1.29 is 0 Å². The van der Waals surface area contributed by atoms with Crippen LogP contribution in [0.15, 0.2) is 12.1 Å². The fourth-order valence-corrected chi connectivity index (χ4v) is 2.49. The molecule has 0 amide bonds. The van der Waals surface area contributed by atoms with Gasteiger partial charge in [-0.2, -0.15) is 0 Å². The second-order valence-corrected chi connectivity index (χ2v) is 5.45. The second-order valence-electron chi connectivity index (χ2n) is 3.65. The molecule has 0 saturated heterocycles. The minimum absolute atomic E-state index is 0.578. The van der Waals surface area contributed by atoms with E-state index in [1.54, 1.807) is 11.3 Å². The quantitative estimate of drug-likeness (QED) is 0.824. The molecule has 0 spiro atoms. The van der Waals surface area contributed by atoms with Crippen LogP contribution >= 0.6 is 22.9 Å². The maximum Gasteiger partial charge on any atom is 0.0931 e. The highest BCUT2D eigenvalue weighted by Gasteiger charge is 2.12. The van der Waals surface area contributed by atoms with Crippen molar-refractivity contribution in [3.05, 3.63) is 21.3 Å². The highest BCUT2D eigenvalue weighted by Crippen LogP contribution is 2.25. The van der Waals surface area contributed by atoms with Crippen molar-refractivity contribution in [3.8, 4) is 0 Å². The van der Waals surface area contributed by atoms with Gasteiger partial charge in [0.1, 0.15) is 0 Å². The fraction of sp³-hybridized carbons (Fsp3) is 0.600. The Morgan fingerprint density at radius 2 is 2.15 bits per heavy atom. The van der Waals surface area contributed by atoms with Gasteiger partial charge in [-0.05, 0) is 36.9 Å². The van der Waals surface area contributed by atoms with Crippen LogP contribution in [0.3, 0.4) is 0 Å². The Hall–Kier alpha value is -0.0500. The summed E-state index contributed by atoms with van der Waals surface area (Å²) in [6.45, 7) is 5.19.